The number of amides is 3. The highest BCUT2D eigenvalue weighted by Gasteiger charge is 2.33. The lowest BCUT2D eigenvalue weighted by Crippen LogP contribution is -2.48. The molecule has 0 unspecified atom stereocenters. The summed E-state index contributed by atoms with van der Waals surface area (Å²) in [6.07, 6.45) is 1.73. The van der Waals surface area contributed by atoms with Crippen LogP contribution in [0.5, 0.6) is 0 Å². The molecule has 22 heavy (non-hydrogen) atoms. The van der Waals surface area contributed by atoms with E-state index in [-0.39, 0.29) is 24.3 Å². The number of hydrogen-bond acceptors (Lipinski definition) is 3. The zero-order chi connectivity index (χ0) is 15.9. The summed E-state index contributed by atoms with van der Waals surface area (Å²) in [4.78, 5) is 37.3. The largest absolute Gasteiger partial charge is 0.358 e. The van der Waals surface area contributed by atoms with Crippen LogP contribution in [0.25, 0.3) is 0 Å². The highest BCUT2D eigenvalue weighted by molar-refractivity contribution is 5.91. The Kier molecular flexibility index (Phi) is 5.52. The summed E-state index contributed by atoms with van der Waals surface area (Å²) in [6.45, 7) is 0.524. The Morgan fingerprint density at radius 3 is 2.64 bits per heavy atom. The van der Waals surface area contributed by atoms with E-state index < -0.39 is 6.04 Å². The van der Waals surface area contributed by atoms with Crippen LogP contribution in [0.4, 0.5) is 0 Å². The zero-order valence-electron chi connectivity index (χ0n) is 12.7. The van der Waals surface area contributed by atoms with Gasteiger partial charge in [-0.2, -0.15) is 0 Å². The third kappa shape index (κ3) is 4.07. The summed E-state index contributed by atoms with van der Waals surface area (Å²) in [7, 11) is 1.51. The molecule has 1 aromatic rings. The van der Waals surface area contributed by atoms with E-state index >= 15 is 0 Å². The molecular formula is C16H21N3O3. The minimum atomic E-state index is -0.471. The van der Waals surface area contributed by atoms with Crippen LogP contribution in [0.15, 0.2) is 30.3 Å². The molecule has 3 amide bonds. The molecule has 1 saturated heterocycles. The fourth-order valence-electron chi connectivity index (χ4n) is 2.58. The third-order valence-electron chi connectivity index (χ3n) is 3.78. The van der Waals surface area contributed by atoms with Crippen molar-refractivity contribution in [2.75, 3.05) is 20.1 Å². The number of rotatable bonds is 5. The lowest BCUT2D eigenvalue weighted by Gasteiger charge is -2.24. The van der Waals surface area contributed by atoms with Gasteiger partial charge in [-0.15, -0.1) is 0 Å². The van der Waals surface area contributed by atoms with Gasteiger partial charge in [-0.05, 0) is 18.4 Å². The molecule has 6 heteroatoms. The summed E-state index contributed by atoms with van der Waals surface area (Å²) in [6, 6.07) is 9.00. The number of carbonyl (C=O) groups excluding carboxylic acids is 3. The summed E-state index contributed by atoms with van der Waals surface area (Å²) >= 11 is 0. The Hall–Kier alpha value is -2.37. The van der Waals surface area contributed by atoms with Gasteiger partial charge >= 0.3 is 0 Å². The van der Waals surface area contributed by atoms with Crippen molar-refractivity contribution < 1.29 is 14.4 Å². The van der Waals surface area contributed by atoms with E-state index in [0.717, 1.165) is 12.0 Å². The normalized spacial score (nSPS) is 17.1. The molecule has 0 aliphatic carbocycles. The van der Waals surface area contributed by atoms with Gasteiger partial charge in [0.25, 0.3) is 0 Å². The number of nitrogens with one attached hydrogen (secondary N) is 2. The van der Waals surface area contributed by atoms with Crippen LogP contribution < -0.4 is 10.6 Å². The molecule has 0 bridgehead atoms. The van der Waals surface area contributed by atoms with E-state index in [9.17, 15) is 14.4 Å². The van der Waals surface area contributed by atoms with Crippen LogP contribution >= 0.6 is 0 Å². The number of hydrogen-bond donors (Lipinski definition) is 2. The van der Waals surface area contributed by atoms with E-state index in [4.69, 9.17) is 0 Å². The molecule has 1 fully saturated rings. The Bertz CT molecular complexity index is 545. The Balaban J connectivity index is 1.93. The molecule has 1 aliphatic heterocycles. The van der Waals surface area contributed by atoms with Crippen molar-refractivity contribution in [2.45, 2.75) is 25.3 Å². The highest BCUT2D eigenvalue weighted by Crippen LogP contribution is 2.18. The Labute approximate surface area is 129 Å². The highest BCUT2D eigenvalue weighted by atomic mass is 16.2. The minimum Gasteiger partial charge on any atom is -0.358 e. The molecule has 1 aliphatic rings. The van der Waals surface area contributed by atoms with Gasteiger partial charge in [0.05, 0.1) is 13.0 Å². The Morgan fingerprint density at radius 1 is 1.23 bits per heavy atom. The van der Waals surface area contributed by atoms with E-state index in [1.54, 1.807) is 4.90 Å². The topological polar surface area (TPSA) is 78.5 Å². The molecule has 118 valence electrons. The quantitative estimate of drug-likeness (QED) is 0.809. The summed E-state index contributed by atoms with van der Waals surface area (Å²) in [5.74, 6) is -0.570. The van der Waals surface area contributed by atoms with Crippen LogP contribution in [-0.4, -0.2) is 48.8 Å². The lowest BCUT2D eigenvalue weighted by atomic mass is 10.1. The lowest BCUT2D eigenvalue weighted by molar-refractivity contribution is -0.138. The monoisotopic (exact) mass is 303 g/mol. The van der Waals surface area contributed by atoms with Gasteiger partial charge in [0.15, 0.2) is 0 Å². The standard InChI is InChI=1S/C16H21N3O3/c1-17-14(20)11-18-16(22)13-8-5-9-19(13)15(21)10-12-6-3-2-4-7-12/h2-4,6-7,13H,5,8-11H2,1H3,(H,17,20)(H,18,22)/t13-/m0/s1. The van der Waals surface area contributed by atoms with Gasteiger partial charge in [0.2, 0.25) is 17.7 Å². The second-order valence-corrected chi connectivity index (χ2v) is 5.30. The van der Waals surface area contributed by atoms with Gasteiger partial charge in [-0.3, -0.25) is 14.4 Å². The van der Waals surface area contributed by atoms with Crippen LogP contribution in [0.3, 0.4) is 0 Å². The number of carbonyl (C=O) groups is 3. The van der Waals surface area contributed by atoms with Crippen LogP contribution in [-0.2, 0) is 20.8 Å². The predicted octanol–water partition coefficient (Wildman–Crippen LogP) is 0.0823. The summed E-state index contributed by atoms with van der Waals surface area (Å²) in [5.41, 5.74) is 0.934. The van der Waals surface area contributed by atoms with Crippen molar-refractivity contribution in [3.05, 3.63) is 35.9 Å². The van der Waals surface area contributed by atoms with Crippen LogP contribution in [0.1, 0.15) is 18.4 Å². The number of likely N-dealkylation sites (N-methyl/N-ethyl adjacent to an activating group) is 1. The smallest absolute Gasteiger partial charge is 0.243 e. The van der Waals surface area contributed by atoms with Crippen molar-refractivity contribution >= 4 is 17.7 Å². The van der Waals surface area contributed by atoms with Crippen molar-refractivity contribution in [3.8, 4) is 0 Å². The molecule has 2 rings (SSSR count). The molecule has 6 nitrogen and oxygen atoms in total. The van der Waals surface area contributed by atoms with Crippen molar-refractivity contribution in [2.24, 2.45) is 0 Å². The molecular weight excluding hydrogens is 282 g/mol. The summed E-state index contributed by atoms with van der Waals surface area (Å²) in [5, 5.41) is 5.02. The van der Waals surface area contributed by atoms with Gasteiger partial charge < -0.3 is 15.5 Å². The molecule has 1 atom stereocenters. The number of nitrogens with zero attached hydrogens (tertiary/aromatic N) is 1. The van der Waals surface area contributed by atoms with Crippen LogP contribution in [0.2, 0.25) is 0 Å². The fraction of sp³-hybridized carbons (Fsp3) is 0.438. The average Bonchev–Trinajstić information content (AvgIpc) is 3.03. The van der Waals surface area contributed by atoms with Crippen molar-refractivity contribution in [1.29, 1.82) is 0 Å². The number of benzene rings is 1. The molecule has 2 N–H and O–H groups in total. The number of likely N-dealkylation sites (tertiary alicyclic amines) is 1. The molecule has 0 spiro atoms. The zero-order valence-corrected chi connectivity index (χ0v) is 12.7. The van der Waals surface area contributed by atoms with Crippen molar-refractivity contribution in [1.82, 2.24) is 15.5 Å². The molecule has 1 aromatic carbocycles. The van der Waals surface area contributed by atoms with Gasteiger partial charge in [0, 0.05) is 13.6 Å². The first-order valence-corrected chi connectivity index (χ1v) is 7.43. The second kappa shape index (κ2) is 7.59. The van der Waals surface area contributed by atoms with E-state index in [2.05, 4.69) is 10.6 Å². The first kappa shape index (κ1) is 16.0. The van der Waals surface area contributed by atoms with Crippen LogP contribution in [0, 0.1) is 0 Å². The maximum atomic E-state index is 12.4. The van der Waals surface area contributed by atoms with Crippen molar-refractivity contribution in [3.63, 3.8) is 0 Å². The SMILES string of the molecule is CNC(=O)CNC(=O)[C@@H]1CCCN1C(=O)Cc1ccccc1. The average molecular weight is 303 g/mol. The van der Waals surface area contributed by atoms with Gasteiger partial charge in [0.1, 0.15) is 6.04 Å². The minimum absolute atomic E-state index is 0.0520. The van der Waals surface area contributed by atoms with E-state index in [1.807, 2.05) is 30.3 Å². The fourth-order valence-corrected chi connectivity index (χ4v) is 2.58. The Morgan fingerprint density at radius 2 is 1.95 bits per heavy atom. The predicted molar refractivity (Wildman–Crippen MR) is 82.0 cm³/mol. The molecule has 0 aromatic heterocycles. The maximum Gasteiger partial charge on any atom is 0.243 e. The second-order valence-electron chi connectivity index (χ2n) is 5.30. The third-order valence-corrected chi connectivity index (χ3v) is 3.78. The van der Waals surface area contributed by atoms with E-state index in [0.29, 0.717) is 19.4 Å². The first-order valence-electron chi connectivity index (χ1n) is 7.43. The molecule has 0 radical (unpaired) electrons. The molecule has 1 heterocycles. The molecule has 0 saturated carbocycles. The van der Waals surface area contributed by atoms with Gasteiger partial charge in [-0.25, -0.2) is 0 Å². The van der Waals surface area contributed by atoms with E-state index in [1.165, 1.54) is 7.05 Å². The maximum absolute atomic E-state index is 12.4. The van der Waals surface area contributed by atoms with Gasteiger partial charge in [-0.1, -0.05) is 30.3 Å². The summed E-state index contributed by atoms with van der Waals surface area (Å²) < 4.78 is 0. The first-order chi connectivity index (χ1) is 10.6.